The number of thiophene rings is 1. The molecule has 0 radical (unpaired) electrons. The second-order valence-electron chi connectivity index (χ2n) is 6.02. The highest BCUT2D eigenvalue weighted by Gasteiger charge is 2.15. The molecular formula is C20H21N3O3S. The summed E-state index contributed by atoms with van der Waals surface area (Å²) in [6, 6.07) is 9.57. The normalized spacial score (nSPS) is 11.6. The first-order valence-electron chi connectivity index (χ1n) is 8.59. The number of nitrogens with zero attached hydrogens (tertiary/aromatic N) is 2. The van der Waals surface area contributed by atoms with Crippen molar-refractivity contribution < 1.29 is 14.6 Å². The summed E-state index contributed by atoms with van der Waals surface area (Å²) in [6.45, 7) is 4.22. The van der Waals surface area contributed by atoms with Crippen LogP contribution in [0.15, 0.2) is 36.4 Å². The number of fused-ring (bicyclic) bond motifs is 1. The average Bonchev–Trinajstić information content (AvgIpc) is 3.04. The Hall–Kier alpha value is -2.93. The molecule has 7 heteroatoms. The summed E-state index contributed by atoms with van der Waals surface area (Å²) in [5, 5.41) is 13.6. The molecule has 0 unspecified atom stereocenters. The van der Waals surface area contributed by atoms with Gasteiger partial charge in [-0.15, -0.1) is 11.3 Å². The summed E-state index contributed by atoms with van der Waals surface area (Å²) in [5.41, 5.74) is 2.00. The number of aryl methyl sites for hydroxylation is 1. The van der Waals surface area contributed by atoms with Crippen LogP contribution in [0.5, 0.6) is 5.75 Å². The summed E-state index contributed by atoms with van der Waals surface area (Å²) in [7, 11) is 1.63. The lowest BCUT2D eigenvalue weighted by Gasteiger charge is -2.11. The molecule has 0 atom stereocenters. The molecule has 27 heavy (non-hydrogen) atoms. The number of methoxy groups -OCH3 is 1. The fourth-order valence-electron chi connectivity index (χ4n) is 2.53. The molecule has 3 rings (SSSR count). The molecule has 0 aliphatic heterocycles. The third-order valence-corrected chi connectivity index (χ3v) is 4.93. The van der Waals surface area contributed by atoms with E-state index in [4.69, 9.17) is 4.74 Å². The molecule has 140 valence electrons. The van der Waals surface area contributed by atoms with E-state index in [9.17, 15) is 9.90 Å². The van der Waals surface area contributed by atoms with Crippen molar-refractivity contribution in [1.82, 2.24) is 9.97 Å². The van der Waals surface area contributed by atoms with Gasteiger partial charge in [0.2, 0.25) is 0 Å². The third-order valence-electron chi connectivity index (χ3n) is 3.99. The quantitative estimate of drug-likeness (QED) is 0.462. The van der Waals surface area contributed by atoms with Crippen molar-refractivity contribution in [3.05, 3.63) is 52.5 Å². The number of carbonyl (C=O) groups excluding carboxylic acids is 1. The predicted molar refractivity (Wildman–Crippen MR) is 108 cm³/mol. The Morgan fingerprint density at radius 3 is 2.70 bits per heavy atom. The Kier molecular flexibility index (Phi) is 5.71. The summed E-state index contributed by atoms with van der Waals surface area (Å²) >= 11 is 1.53. The second-order valence-corrected chi connectivity index (χ2v) is 7.25. The molecule has 6 nitrogen and oxygen atoms in total. The lowest BCUT2D eigenvalue weighted by molar-refractivity contribution is -0.114. The summed E-state index contributed by atoms with van der Waals surface area (Å²) in [4.78, 5) is 22.7. The molecule has 0 spiro atoms. The van der Waals surface area contributed by atoms with Gasteiger partial charge in [-0.25, -0.2) is 9.97 Å². The number of ether oxygens (including phenoxy) is 1. The molecule has 0 saturated carbocycles. The van der Waals surface area contributed by atoms with Crippen molar-refractivity contribution in [3.8, 4) is 5.75 Å². The minimum Gasteiger partial charge on any atom is -0.505 e. The molecule has 2 N–H and O–H groups in total. The summed E-state index contributed by atoms with van der Waals surface area (Å²) in [5.74, 6) is 0.875. The standard InChI is InChI=1S/C20H21N3O3S/c1-4-14(24)10-17(25)18-19(23-20-16(22-18)9-12(2)27-20)21-11-13-5-7-15(26-3)8-6-13/h5-10,25H,4,11H2,1-3H3,(H,21,23)/b17-10-. The molecular weight excluding hydrogens is 362 g/mol. The van der Waals surface area contributed by atoms with Crippen LogP contribution in [0.1, 0.15) is 29.5 Å². The number of aromatic nitrogens is 2. The van der Waals surface area contributed by atoms with E-state index in [1.807, 2.05) is 37.3 Å². The van der Waals surface area contributed by atoms with Gasteiger partial charge in [-0.2, -0.15) is 0 Å². The van der Waals surface area contributed by atoms with Gasteiger partial charge in [-0.1, -0.05) is 19.1 Å². The van der Waals surface area contributed by atoms with Crippen LogP contribution in [0, 0.1) is 6.92 Å². The van der Waals surface area contributed by atoms with E-state index in [0.29, 0.717) is 24.3 Å². The van der Waals surface area contributed by atoms with Gasteiger partial charge in [-0.3, -0.25) is 4.79 Å². The van der Waals surface area contributed by atoms with Crippen molar-refractivity contribution in [3.63, 3.8) is 0 Å². The number of rotatable bonds is 7. The topological polar surface area (TPSA) is 84.3 Å². The van der Waals surface area contributed by atoms with E-state index in [0.717, 1.165) is 21.0 Å². The summed E-state index contributed by atoms with van der Waals surface area (Å²) < 4.78 is 5.17. The van der Waals surface area contributed by atoms with E-state index in [-0.39, 0.29) is 17.2 Å². The lowest BCUT2D eigenvalue weighted by Crippen LogP contribution is -2.07. The van der Waals surface area contributed by atoms with Gasteiger partial charge < -0.3 is 15.2 Å². The maximum Gasteiger partial charge on any atom is 0.159 e. The Balaban J connectivity index is 1.94. The number of hydrogen-bond donors (Lipinski definition) is 2. The number of allylic oxidation sites excluding steroid dienone is 1. The Morgan fingerprint density at radius 1 is 1.30 bits per heavy atom. The molecule has 0 bridgehead atoms. The minimum atomic E-state index is -0.183. The Morgan fingerprint density at radius 2 is 2.04 bits per heavy atom. The van der Waals surface area contributed by atoms with Crippen LogP contribution >= 0.6 is 11.3 Å². The van der Waals surface area contributed by atoms with Crippen molar-refractivity contribution in [1.29, 1.82) is 0 Å². The molecule has 3 aromatic rings. The SMILES string of the molecule is CCC(=O)/C=C(\O)c1nc2cc(C)sc2nc1NCc1ccc(OC)cc1. The number of aliphatic hydroxyl groups excluding tert-OH is 1. The summed E-state index contributed by atoms with van der Waals surface area (Å²) in [6.07, 6.45) is 1.51. The first kappa shape index (κ1) is 18.8. The van der Waals surface area contributed by atoms with Crippen molar-refractivity contribution in [2.75, 3.05) is 12.4 Å². The molecule has 0 fully saturated rings. The van der Waals surface area contributed by atoms with Crippen LogP contribution in [0.4, 0.5) is 5.82 Å². The maximum absolute atomic E-state index is 11.7. The smallest absolute Gasteiger partial charge is 0.159 e. The van der Waals surface area contributed by atoms with Gasteiger partial charge in [-0.05, 0) is 30.7 Å². The predicted octanol–water partition coefficient (Wildman–Crippen LogP) is 4.50. The van der Waals surface area contributed by atoms with Crippen LogP contribution in [0.25, 0.3) is 16.1 Å². The molecule has 0 aliphatic carbocycles. The van der Waals surface area contributed by atoms with E-state index < -0.39 is 0 Å². The zero-order chi connectivity index (χ0) is 19.4. The first-order valence-corrected chi connectivity index (χ1v) is 9.40. The van der Waals surface area contributed by atoms with Crippen LogP contribution < -0.4 is 10.1 Å². The number of ketones is 1. The fourth-order valence-corrected chi connectivity index (χ4v) is 3.35. The van der Waals surface area contributed by atoms with Crippen LogP contribution in [0.3, 0.4) is 0 Å². The van der Waals surface area contributed by atoms with Gasteiger partial charge in [0.15, 0.2) is 11.6 Å². The third kappa shape index (κ3) is 4.43. The highest BCUT2D eigenvalue weighted by atomic mass is 32.1. The average molecular weight is 383 g/mol. The van der Waals surface area contributed by atoms with Gasteiger partial charge in [0.25, 0.3) is 0 Å². The Labute approximate surface area is 161 Å². The fraction of sp³-hybridized carbons (Fsp3) is 0.250. The number of aliphatic hydroxyl groups is 1. The van der Waals surface area contributed by atoms with E-state index >= 15 is 0 Å². The Bertz CT molecular complexity index is 994. The number of anilines is 1. The molecule has 0 saturated heterocycles. The van der Waals surface area contributed by atoms with E-state index in [1.54, 1.807) is 14.0 Å². The van der Waals surface area contributed by atoms with Crippen molar-refractivity contribution >= 4 is 39.0 Å². The van der Waals surface area contributed by atoms with Gasteiger partial charge in [0.05, 0.1) is 7.11 Å². The highest BCUT2D eigenvalue weighted by molar-refractivity contribution is 7.18. The number of nitrogens with one attached hydrogen (secondary N) is 1. The highest BCUT2D eigenvalue weighted by Crippen LogP contribution is 2.28. The second kappa shape index (κ2) is 8.18. The van der Waals surface area contributed by atoms with E-state index in [1.165, 1.54) is 17.4 Å². The molecule has 0 amide bonds. The molecule has 2 aromatic heterocycles. The monoisotopic (exact) mass is 383 g/mol. The zero-order valence-electron chi connectivity index (χ0n) is 15.4. The van der Waals surface area contributed by atoms with E-state index in [2.05, 4.69) is 15.3 Å². The van der Waals surface area contributed by atoms with Crippen molar-refractivity contribution in [2.45, 2.75) is 26.8 Å². The largest absolute Gasteiger partial charge is 0.505 e. The molecule has 0 aliphatic rings. The van der Waals surface area contributed by atoms with Crippen molar-refractivity contribution in [2.24, 2.45) is 0 Å². The van der Waals surface area contributed by atoms with Crippen LogP contribution in [-0.4, -0.2) is 28.0 Å². The minimum absolute atomic E-state index is 0.169. The number of benzene rings is 1. The lowest BCUT2D eigenvalue weighted by atomic mass is 10.2. The van der Waals surface area contributed by atoms with Crippen LogP contribution in [-0.2, 0) is 11.3 Å². The van der Waals surface area contributed by atoms with Gasteiger partial charge >= 0.3 is 0 Å². The van der Waals surface area contributed by atoms with Gasteiger partial charge in [0.1, 0.15) is 27.5 Å². The zero-order valence-corrected chi connectivity index (χ0v) is 16.3. The van der Waals surface area contributed by atoms with Gasteiger partial charge in [0, 0.05) is 23.9 Å². The maximum atomic E-state index is 11.7. The molecule has 2 heterocycles. The number of carbonyl (C=O) groups is 1. The molecule has 1 aromatic carbocycles. The first-order chi connectivity index (χ1) is 13.0. The van der Waals surface area contributed by atoms with Crippen LogP contribution in [0.2, 0.25) is 0 Å². The number of hydrogen-bond acceptors (Lipinski definition) is 7.